The molecule has 160 valence electrons. The van der Waals surface area contributed by atoms with Crippen LogP contribution in [-0.2, 0) is 13.5 Å². The zero-order chi connectivity index (χ0) is 21.8. The molecule has 0 bridgehead atoms. The average molecular weight is 416 g/mol. The number of nitrogens with zero attached hydrogens (tertiary/aromatic N) is 2. The van der Waals surface area contributed by atoms with Crippen molar-refractivity contribution < 1.29 is 4.79 Å². The third kappa shape index (κ3) is 4.61. The van der Waals surface area contributed by atoms with Crippen LogP contribution in [0.4, 0.5) is 0 Å². The maximum atomic E-state index is 13.5. The van der Waals surface area contributed by atoms with E-state index in [9.17, 15) is 9.59 Å². The fraction of sp³-hybridized carbons (Fsp3) is 0.346. The Morgan fingerprint density at radius 1 is 1.10 bits per heavy atom. The lowest BCUT2D eigenvalue weighted by atomic mass is 9.96. The number of hydrogen-bond acceptors (Lipinski definition) is 3. The quantitative estimate of drug-likeness (QED) is 0.651. The number of rotatable bonds is 6. The van der Waals surface area contributed by atoms with Crippen molar-refractivity contribution in [3.05, 3.63) is 99.2 Å². The van der Waals surface area contributed by atoms with Gasteiger partial charge in [0.25, 0.3) is 5.91 Å². The molecule has 0 aliphatic heterocycles. The summed E-state index contributed by atoms with van der Waals surface area (Å²) in [5.74, 6) is 0.211. The lowest BCUT2D eigenvalue weighted by Crippen LogP contribution is -2.35. The molecule has 1 amide bonds. The molecular weight excluding hydrogens is 386 g/mol. The summed E-state index contributed by atoms with van der Waals surface area (Å²) < 4.78 is 2.01. The number of carbonyl (C=O) groups excluding carboxylic acids is 1. The van der Waals surface area contributed by atoms with Crippen LogP contribution >= 0.6 is 0 Å². The Morgan fingerprint density at radius 3 is 2.42 bits per heavy atom. The van der Waals surface area contributed by atoms with Crippen LogP contribution in [-0.4, -0.2) is 15.5 Å². The Labute approximate surface area is 183 Å². The molecule has 1 fully saturated rings. The van der Waals surface area contributed by atoms with Gasteiger partial charge in [0.05, 0.1) is 6.04 Å². The topological polar surface area (TPSA) is 64.0 Å². The minimum atomic E-state index is -0.359. The second-order valence-corrected chi connectivity index (χ2v) is 8.48. The first-order valence-corrected chi connectivity index (χ1v) is 11.0. The van der Waals surface area contributed by atoms with Gasteiger partial charge in [-0.1, -0.05) is 56.0 Å². The summed E-state index contributed by atoms with van der Waals surface area (Å²) in [6, 6.07) is 14.8. The Morgan fingerprint density at radius 2 is 1.74 bits per heavy atom. The number of hydrogen-bond donors (Lipinski definition) is 1. The maximum Gasteiger partial charge on any atom is 0.257 e. The summed E-state index contributed by atoms with van der Waals surface area (Å²) in [7, 11) is 1.95. The molecule has 1 aromatic carbocycles. The third-order valence-corrected chi connectivity index (χ3v) is 6.44. The summed E-state index contributed by atoms with van der Waals surface area (Å²) in [4.78, 5) is 30.6. The van der Waals surface area contributed by atoms with Crippen LogP contribution in [0, 0.1) is 12.8 Å². The molecule has 0 radical (unpaired) electrons. The van der Waals surface area contributed by atoms with Gasteiger partial charge in [-0.3, -0.25) is 14.6 Å². The van der Waals surface area contributed by atoms with Gasteiger partial charge in [-0.25, -0.2) is 0 Å². The highest BCUT2D eigenvalue weighted by molar-refractivity contribution is 5.95. The monoisotopic (exact) mass is 415 g/mol. The van der Waals surface area contributed by atoms with Crippen molar-refractivity contribution in [1.29, 1.82) is 0 Å². The van der Waals surface area contributed by atoms with Crippen LogP contribution in [0.2, 0.25) is 0 Å². The summed E-state index contributed by atoms with van der Waals surface area (Å²) in [5, 5.41) is 3.14. The number of aryl methyl sites for hydroxylation is 1. The van der Waals surface area contributed by atoms with Gasteiger partial charge in [0.2, 0.25) is 0 Å². The first-order valence-electron chi connectivity index (χ1n) is 11.0. The van der Waals surface area contributed by atoms with Gasteiger partial charge in [-0.15, -0.1) is 0 Å². The second kappa shape index (κ2) is 9.29. The van der Waals surface area contributed by atoms with Gasteiger partial charge >= 0.3 is 0 Å². The van der Waals surface area contributed by atoms with Gasteiger partial charge in [-0.05, 0) is 42.5 Å². The van der Waals surface area contributed by atoms with Crippen molar-refractivity contribution in [1.82, 2.24) is 14.9 Å². The molecule has 31 heavy (non-hydrogen) atoms. The smallest absolute Gasteiger partial charge is 0.257 e. The van der Waals surface area contributed by atoms with Crippen molar-refractivity contribution in [3.63, 3.8) is 0 Å². The lowest BCUT2D eigenvalue weighted by Gasteiger charge is -2.23. The summed E-state index contributed by atoms with van der Waals surface area (Å²) in [6.07, 6.45) is 8.97. The molecule has 2 aromatic heterocycles. The fourth-order valence-electron chi connectivity index (χ4n) is 4.62. The van der Waals surface area contributed by atoms with Crippen LogP contribution in [0.25, 0.3) is 0 Å². The maximum absolute atomic E-state index is 13.5. The van der Waals surface area contributed by atoms with Crippen molar-refractivity contribution in [2.45, 2.75) is 45.1 Å². The predicted octanol–water partition coefficient (Wildman–Crippen LogP) is 4.34. The second-order valence-electron chi connectivity index (χ2n) is 8.48. The Hall–Kier alpha value is -3.21. The minimum absolute atomic E-state index is 0.206. The van der Waals surface area contributed by atoms with E-state index in [2.05, 4.69) is 10.3 Å². The van der Waals surface area contributed by atoms with Crippen LogP contribution in [0.3, 0.4) is 0 Å². The zero-order valence-corrected chi connectivity index (χ0v) is 18.2. The lowest BCUT2D eigenvalue weighted by molar-refractivity contribution is 0.0939. The van der Waals surface area contributed by atoms with Crippen molar-refractivity contribution >= 4 is 5.91 Å². The Balaban J connectivity index is 1.72. The van der Waals surface area contributed by atoms with E-state index in [1.165, 1.54) is 12.8 Å². The summed E-state index contributed by atoms with van der Waals surface area (Å²) >= 11 is 0. The molecule has 4 rings (SSSR count). The molecule has 1 atom stereocenters. The molecule has 3 aromatic rings. The SMILES string of the molecule is Cc1cc(=O)c(C(=O)NC(c2ccccc2)c2ccncc2)c(CC2CCCC2)n1C. The average Bonchev–Trinajstić information content (AvgIpc) is 3.30. The number of nitrogens with one attached hydrogen (secondary N) is 1. The largest absolute Gasteiger partial charge is 0.351 e. The summed E-state index contributed by atoms with van der Waals surface area (Å²) in [5.41, 5.74) is 3.68. The van der Waals surface area contributed by atoms with Gasteiger partial charge in [0.15, 0.2) is 5.43 Å². The number of carbonyl (C=O) groups is 1. The van der Waals surface area contributed by atoms with E-state index >= 15 is 0 Å². The third-order valence-electron chi connectivity index (χ3n) is 6.44. The molecule has 5 nitrogen and oxygen atoms in total. The molecule has 1 unspecified atom stereocenters. The molecule has 5 heteroatoms. The van der Waals surface area contributed by atoms with Gasteiger partial charge in [0.1, 0.15) is 5.56 Å². The number of aromatic nitrogens is 2. The molecule has 0 spiro atoms. The highest BCUT2D eigenvalue weighted by Gasteiger charge is 2.26. The van der Waals surface area contributed by atoms with Crippen molar-refractivity contribution in [2.24, 2.45) is 13.0 Å². The van der Waals surface area contributed by atoms with Gasteiger partial charge in [0, 0.05) is 36.9 Å². The number of benzene rings is 1. The van der Waals surface area contributed by atoms with Crippen molar-refractivity contribution in [3.8, 4) is 0 Å². The first-order chi connectivity index (χ1) is 15.0. The van der Waals surface area contributed by atoms with Crippen LogP contribution in [0.5, 0.6) is 0 Å². The minimum Gasteiger partial charge on any atom is -0.351 e. The van der Waals surface area contributed by atoms with Crippen LogP contribution < -0.4 is 10.7 Å². The highest BCUT2D eigenvalue weighted by Crippen LogP contribution is 2.29. The first kappa shape index (κ1) is 21.0. The molecule has 0 saturated heterocycles. The van der Waals surface area contributed by atoms with Gasteiger partial charge < -0.3 is 9.88 Å². The Kier molecular flexibility index (Phi) is 6.31. The molecular formula is C26H29N3O2. The molecule has 1 saturated carbocycles. The van der Waals surface area contributed by atoms with Gasteiger partial charge in [-0.2, -0.15) is 0 Å². The molecule has 1 aliphatic rings. The molecule has 1 N–H and O–H groups in total. The van der Waals surface area contributed by atoms with E-state index in [1.54, 1.807) is 18.5 Å². The van der Waals surface area contributed by atoms with E-state index in [0.29, 0.717) is 5.92 Å². The number of pyridine rings is 2. The highest BCUT2D eigenvalue weighted by atomic mass is 16.2. The predicted molar refractivity (Wildman–Crippen MR) is 122 cm³/mol. The van der Waals surface area contributed by atoms with E-state index in [0.717, 1.165) is 41.8 Å². The van der Waals surface area contributed by atoms with Crippen LogP contribution in [0.1, 0.15) is 64.6 Å². The van der Waals surface area contributed by atoms with E-state index in [4.69, 9.17) is 0 Å². The van der Waals surface area contributed by atoms with E-state index in [1.807, 2.05) is 61.0 Å². The Bertz CT molecular complexity index is 1060. The fourth-order valence-corrected chi connectivity index (χ4v) is 4.62. The van der Waals surface area contributed by atoms with E-state index < -0.39 is 0 Å². The van der Waals surface area contributed by atoms with E-state index in [-0.39, 0.29) is 22.9 Å². The number of amides is 1. The normalized spacial score (nSPS) is 15.0. The van der Waals surface area contributed by atoms with Crippen LogP contribution in [0.15, 0.2) is 65.7 Å². The summed E-state index contributed by atoms with van der Waals surface area (Å²) in [6.45, 7) is 1.92. The standard InChI is InChI=1S/C26H29N3O2/c1-18-16-23(30)24(22(29(18)2)17-19-8-6-7-9-19)26(31)28-25(20-10-4-3-5-11-20)21-12-14-27-15-13-21/h3-5,10-16,19,25H,6-9,17H2,1-2H3,(H,28,31). The zero-order valence-electron chi connectivity index (χ0n) is 18.2. The molecule has 1 aliphatic carbocycles. The van der Waals surface area contributed by atoms with Crippen molar-refractivity contribution in [2.75, 3.05) is 0 Å². The molecule has 2 heterocycles.